The van der Waals surface area contributed by atoms with Crippen molar-refractivity contribution in [1.29, 1.82) is 0 Å². The monoisotopic (exact) mass is 408 g/mol. The van der Waals surface area contributed by atoms with Crippen LogP contribution in [0.5, 0.6) is 5.75 Å². The molecule has 1 aliphatic heterocycles. The molecule has 2 N–H and O–H groups in total. The molecule has 1 aromatic carbocycles. The van der Waals surface area contributed by atoms with Crippen LogP contribution in [0, 0.1) is 11.7 Å². The summed E-state index contributed by atoms with van der Waals surface area (Å²) in [7, 11) is 0. The third kappa shape index (κ3) is 4.50. The quantitative estimate of drug-likeness (QED) is 0.764. The van der Waals surface area contributed by atoms with Crippen LogP contribution in [0.2, 0.25) is 0 Å². The van der Waals surface area contributed by atoms with Gasteiger partial charge >= 0.3 is 0 Å². The molecule has 0 unspecified atom stereocenters. The van der Waals surface area contributed by atoms with Gasteiger partial charge < -0.3 is 19.6 Å². The summed E-state index contributed by atoms with van der Waals surface area (Å²) in [6, 6.07) is 2.85. The van der Waals surface area contributed by atoms with E-state index in [0.717, 1.165) is 26.1 Å². The summed E-state index contributed by atoms with van der Waals surface area (Å²) in [5, 5.41) is 10.2. The second kappa shape index (κ2) is 8.00. The number of ether oxygens (including phenoxy) is 2. The lowest BCUT2D eigenvalue weighted by Crippen LogP contribution is -2.43. The molecule has 2 aromatic rings. The van der Waals surface area contributed by atoms with Crippen LogP contribution < -0.4 is 10.3 Å². The zero-order valence-electron chi connectivity index (χ0n) is 15.9. The standard InChI is InChI=1S/C20H25FN2O4S/c1-20(25)8-12(9-20)10-27-13-6-15(21)18-16(7-13)22-17(23-19(18)24)11-28-14-2-4-26-5-3-14/h6-7,12,14,25H,2-5,8-11H2,1H3,(H,22,23,24)/t12-,20+. The first-order valence-electron chi connectivity index (χ1n) is 9.67. The third-order valence-corrected chi connectivity index (χ3v) is 6.73. The smallest absolute Gasteiger partial charge is 0.261 e. The van der Waals surface area contributed by atoms with E-state index >= 15 is 0 Å². The summed E-state index contributed by atoms with van der Waals surface area (Å²) in [6.07, 6.45) is 3.33. The summed E-state index contributed by atoms with van der Waals surface area (Å²) in [5.74, 6) is 1.09. The molecule has 0 radical (unpaired) electrons. The summed E-state index contributed by atoms with van der Waals surface area (Å²) in [5.41, 5.74) is -0.775. The minimum atomic E-state index is -0.634. The third-order valence-electron chi connectivity index (χ3n) is 5.35. The van der Waals surface area contributed by atoms with Crippen LogP contribution >= 0.6 is 11.8 Å². The van der Waals surface area contributed by atoms with Crippen molar-refractivity contribution in [1.82, 2.24) is 9.97 Å². The molecule has 4 rings (SSSR count). The second-order valence-electron chi connectivity index (χ2n) is 8.02. The van der Waals surface area contributed by atoms with E-state index < -0.39 is 17.0 Å². The number of fused-ring (bicyclic) bond motifs is 1. The van der Waals surface area contributed by atoms with Crippen molar-refractivity contribution in [3.8, 4) is 5.75 Å². The van der Waals surface area contributed by atoms with Crippen LogP contribution in [0.1, 0.15) is 38.4 Å². The van der Waals surface area contributed by atoms with Gasteiger partial charge in [0.25, 0.3) is 5.56 Å². The Hall–Kier alpha value is -1.64. The summed E-state index contributed by atoms with van der Waals surface area (Å²) >= 11 is 1.74. The van der Waals surface area contributed by atoms with Gasteiger partial charge in [0.1, 0.15) is 22.8 Å². The highest BCUT2D eigenvalue weighted by atomic mass is 32.2. The van der Waals surface area contributed by atoms with Crippen LogP contribution in [0.4, 0.5) is 4.39 Å². The molecule has 0 atom stereocenters. The van der Waals surface area contributed by atoms with E-state index in [1.807, 2.05) is 0 Å². The number of thioether (sulfide) groups is 1. The molecule has 6 nitrogen and oxygen atoms in total. The van der Waals surface area contributed by atoms with Crippen molar-refractivity contribution in [3.63, 3.8) is 0 Å². The van der Waals surface area contributed by atoms with Crippen LogP contribution in [-0.2, 0) is 10.5 Å². The van der Waals surface area contributed by atoms with Crippen LogP contribution in [-0.4, -0.2) is 45.7 Å². The summed E-state index contributed by atoms with van der Waals surface area (Å²) in [4.78, 5) is 19.5. The molecular weight excluding hydrogens is 383 g/mol. The SMILES string of the molecule is C[C@]1(O)C[C@@H](COc2cc(F)c3c(=O)[nH]c(CSC4CCOCC4)nc3c2)C1. The number of hydrogen-bond acceptors (Lipinski definition) is 6. The Kier molecular flexibility index (Phi) is 5.62. The topological polar surface area (TPSA) is 84.4 Å². The Balaban J connectivity index is 1.47. The highest BCUT2D eigenvalue weighted by molar-refractivity contribution is 7.99. The first-order valence-corrected chi connectivity index (χ1v) is 10.7. The lowest BCUT2D eigenvalue weighted by Gasteiger charge is -2.40. The number of nitrogens with one attached hydrogen (secondary N) is 1. The van der Waals surface area contributed by atoms with Crippen LogP contribution in [0.3, 0.4) is 0 Å². The molecule has 8 heteroatoms. The lowest BCUT2D eigenvalue weighted by molar-refractivity contribution is -0.0690. The van der Waals surface area contributed by atoms with Gasteiger partial charge in [0.2, 0.25) is 0 Å². The number of aliphatic hydroxyl groups is 1. The first kappa shape index (κ1) is 19.7. The maximum absolute atomic E-state index is 14.5. The molecule has 1 saturated heterocycles. The molecule has 152 valence electrons. The molecule has 28 heavy (non-hydrogen) atoms. The van der Waals surface area contributed by atoms with E-state index in [0.29, 0.717) is 47.5 Å². The van der Waals surface area contributed by atoms with Crippen molar-refractivity contribution in [2.75, 3.05) is 19.8 Å². The van der Waals surface area contributed by atoms with Gasteiger partial charge in [-0.1, -0.05) is 0 Å². The Morgan fingerprint density at radius 2 is 2.14 bits per heavy atom. The van der Waals surface area contributed by atoms with Gasteiger partial charge in [-0.25, -0.2) is 9.37 Å². The van der Waals surface area contributed by atoms with Gasteiger partial charge in [0, 0.05) is 30.6 Å². The van der Waals surface area contributed by atoms with E-state index in [-0.39, 0.29) is 11.3 Å². The number of halogens is 1. The van der Waals surface area contributed by atoms with Gasteiger partial charge in [0.15, 0.2) is 0 Å². The number of aromatic nitrogens is 2. The Morgan fingerprint density at radius 1 is 1.39 bits per heavy atom. The van der Waals surface area contributed by atoms with E-state index in [1.165, 1.54) is 6.07 Å². The van der Waals surface area contributed by atoms with Gasteiger partial charge in [-0.15, -0.1) is 0 Å². The molecule has 1 saturated carbocycles. The number of aromatic amines is 1. The number of benzene rings is 1. The fourth-order valence-electron chi connectivity index (χ4n) is 3.95. The molecule has 0 amide bonds. The molecule has 2 heterocycles. The van der Waals surface area contributed by atoms with Crippen LogP contribution in [0.15, 0.2) is 16.9 Å². The molecule has 0 spiro atoms. The highest BCUT2D eigenvalue weighted by Crippen LogP contribution is 2.37. The number of H-pyrrole nitrogens is 1. The Labute approximate surface area is 166 Å². The minimum absolute atomic E-state index is 0.0428. The zero-order chi connectivity index (χ0) is 19.7. The minimum Gasteiger partial charge on any atom is -0.493 e. The molecule has 1 aromatic heterocycles. The average molecular weight is 408 g/mol. The number of rotatable bonds is 6. The predicted molar refractivity (Wildman–Crippen MR) is 106 cm³/mol. The van der Waals surface area contributed by atoms with Crippen molar-refractivity contribution < 1.29 is 19.0 Å². The maximum atomic E-state index is 14.5. The van der Waals surface area contributed by atoms with E-state index in [4.69, 9.17) is 9.47 Å². The van der Waals surface area contributed by atoms with Gasteiger partial charge in [0.05, 0.1) is 23.5 Å². The molecular formula is C20H25FN2O4S. The van der Waals surface area contributed by atoms with E-state index in [1.54, 1.807) is 24.8 Å². The fourth-order valence-corrected chi connectivity index (χ4v) is 5.01. The first-order chi connectivity index (χ1) is 13.4. The highest BCUT2D eigenvalue weighted by Gasteiger charge is 2.38. The van der Waals surface area contributed by atoms with Gasteiger partial charge in [-0.2, -0.15) is 11.8 Å². The summed E-state index contributed by atoms with van der Waals surface area (Å²) in [6.45, 7) is 3.75. The van der Waals surface area contributed by atoms with Crippen molar-refractivity contribution >= 4 is 22.7 Å². The normalized spacial score (nSPS) is 25.6. The largest absolute Gasteiger partial charge is 0.493 e. The van der Waals surface area contributed by atoms with Gasteiger partial charge in [-0.05, 0) is 38.5 Å². The van der Waals surface area contributed by atoms with Crippen molar-refractivity contribution in [2.45, 2.75) is 49.2 Å². The predicted octanol–water partition coefficient (Wildman–Crippen LogP) is 3.01. The second-order valence-corrected chi connectivity index (χ2v) is 9.31. The number of nitrogens with zero attached hydrogens (tertiary/aromatic N) is 1. The number of hydrogen-bond donors (Lipinski definition) is 2. The Bertz CT molecular complexity index is 903. The Morgan fingerprint density at radius 3 is 2.86 bits per heavy atom. The van der Waals surface area contributed by atoms with Crippen LogP contribution in [0.25, 0.3) is 10.9 Å². The van der Waals surface area contributed by atoms with E-state index in [9.17, 15) is 14.3 Å². The lowest BCUT2D eigenvalue weighted by atomic mass is 9.73. The molecule has 2 aliphatic rings. The molecule has 2 fully saturated rings. The molecule has 0 bridgehead atoms. The zero-order valence-corrected chi connectivity index (χ0v) is 16.7. The van der Waals surface area contributed by atoms with Crippen molar-refractivity contribution in [3.05, 3.63) is 34.1 Å². The maximum Gasteiger partial charge on any atom is 0.261 e. The fraction of sp³-hybridized carbons (Fsp3) is 0.600. The van der Waals surface area contributed by atoms with Crippen molar-refractivity contribution in [2.24, 2.45) is 5.92 Å². The average Bonchev–Trinajstić information content (AvgIpc) is 2.63. The van der Waals surface area contributed by atoms with E-state index in [2.05, 4.69) is 9.97 Å². The summed E-state index contributed by atoms with van der Waals surface area (Å²) < 4.78 is 25.5. The van der Waals surface area contributed by atoms with Gasteiger partial charge in [-0.3, -0.25) is 4.79 Å². The molecule has 1 aliphatic carbocycles.